The van der Waals surface area contributed by atoms with E-state index in [-0.39, 0.29) is 10.4 Å². The lowest BCUT2D eigenvalue weighted by Crippen LogP contribution is -2.42. The molecule has 0 saturated heterocycles. The Morgan fingerprint density at radius 3 is 2.44 bits per heavy atom. The van der Waals surface area contributed by atoms with E-state index in [0.29, 0.717) is 12.2 Å². The molecule has 102 valence electrons. The Balaban J connectivity index is 3.19. The van der Waals surface area contributed by atoms with Gasteiger partial charge in [-0.15, -0.1) is 0 Å². The average Bonchev–Trinajstić information content (AvgIpc) is 2.39. The molecule has 0 saturated carbocycles. The zero-order chi connectivity index (χ0) is 13.8. The number of nitrogens with one attached hydrogen (secondary N) is 2. The third-order valence-corrected chi connectivity index (χ3v) is 4.59. The minimum absolute atomic E-state index is 0.237. The van der Waals surface area contributed by atoms with E-state index in [0.717, 1.165) is 6.42 Å². The molecule has 0 spiro atoms. The molecule has 0 aromatic heterocycles. The van der Waals surface area contributed by atoms with Crippen LogP contribution < -0.4 is 15.8 Å². The number of hydrogen-bond acceptors (Lipinski definition) is 4. The molecule has 1 rings (SSSR count). The van der Waals surface area contributed by atoms with E-state index in [1.54, 1.807) is 24.3 Å². The van der Waals surface area contributed by atoms with Gasteiger partial charge in [-0.25, -0.2) is 13.1 Å². The number of hydrogen-bond donors (Lipinski definition) is 3. The Morgan fingerprint density at radius 2 is 1.94 bits per heavy atom. The third-order valence-electron chi connectivity index (χ3n) is 3.11. The minimum atomic E-state index is -3.47. The van der Waals surface area contributed by atoms with Crippen molar-refractivity contribution in [3.63, 3.8) is 0 Å². The second-order valence-electron chi connectivity index (χ2n) is 4.45. The molecule has 5 nitrogen and oxygen atoms in total. The Hall–Kier alpha value is -1.11. The Bertz CT molecular complexity index is 496. The van der Waals surface area contributed by atoms with Gasteiger partial charge in [-0.2, -0.15) is 0 Å². The summed E-state index contributed by atoms with van der Waals surface area (Å²) in [5, 5.41) is 3.22. The summed E-state index contributed by atoms with van der Waals surface area (Å²) in [6, 6.07) is 6.80. The van der Waals surface area contributed by atoms with Crippen molar-refractivity contribution < 1.29 is 8.42 Å². The van der Waals surface area contributed by atoms with E-state index >= 15 is 0 Å². The number of anilines is 1. The van der Waals surface area contributed by atoms with Crippen LogP contribution in [0.4, 0.5) is 5.69 Å². The molecular weight excluding hydrogens is 250 g/mol. The van der Waals surface area contributed by atoms with Gasteiger partial charge in [-0.1, -0.05) is 19.1 Å². The standard InChI is InChI=1S/C12H21N3O2S/c1-4-12(2,9-13)15-10-7-5-6-8-11(10)18(16,17)14-3/h5-8,14-15H,4,9,13H2,1-3H3. The first-order chi connectivity index (χ1) is 8.38. The zero-order valence-electron chi connectivity index (χ0n) is 11.0. The van der Waals surface area contributed by atoms with Gasteiger partial charge in [0.25, 0.3) is 0 Å². The molecule has 1 atom stereocenters. The molecule has 0 heterocycles. The van der Waals surface area contributed by atoms with Crippen molar-refractivity contribution in [3.05, 3.63) is 24.3 Å². The van der Waals surface area contributed by atoms with Crippen molar-refractivity contribution in [2.45, 2.75) is 30.7 Å². The highest BCUT2D eigenvalue weighted by Gasteiger charge is 2.23. The van der Waals surface area contributed by atoms with E-state index < -0.39 is 10.0 Å². The van der Waals surface area contributed by atoms with Gasteiger partial charge in [0.15, 0.2) is 0 Å². The quantitative estimate of drug-likeness (QED) is 0.724. The number of para-hydroxylation sites is 1. The van der Waals surface area contributed by atoms with Gasteiger partial charge in [-0.3, -0.25) is 0 Å². The van der Waals surface area contributed by atoms with E-state index in [9.17, 15) is 8.42 Å². The van der Waals surface area contributed by atoms with E-state index in [2.05, 4.69) is 10.0 Å². The van der Waals surface area contributed by atoms with Gasteiger partial charge in [-0.05, 0) is 32.5 Å². The summed E-state index contributed by atoms with van der Waals surface area (Å²) < 4.78 is 26.1. The van der Waals surface area contributed by atoms with Crippen LogP contribution in [-0.4, -0.2) is 27.5 Å². The molecule has 4 N–H and O–H groups in total. The van der Waals surface area contributed by atoms with Crippen molar-refractivity contribution in [1.82, 2.24) is 4.72 Å². The summed E-state index contributed by atoms with van der Waals surface area (Å²) in [7, 11) is -2.07. The predicted molar refractivity (Wildman–Crippen MR) is 74.1 cm³/mol. The van der Waals surface area contributed by atoms with Crippen LogP contribution in [0.3, 0.4) is 0 Å². The molecule has 0 bridgehead atoms. The third kappa shape index (κ3) is 3.22. The summed E-state index contributed by atoms with van der Waals surface area (Å²) in [5.74, 6) is 0. The molecule has 6 heteroatoms. The lowest BCUT2D eigenvalue weighted by Gasteiger charge is -2.30. The van der Waals surface area contributed by atoms with Crippen LogP contribution in [0.1, 0.15) is 20.3 Å². The lowest BCUT2D eigenvalue weighted by molar-refractivity contribution is 0.505. The fourth-order valence-electron chi connectivity index (χ4n) is 1.52. The van der Waals surface area contributed by atoms with Crippen LogP contribution in [0.25, 0.3) is 0 Å². The van der Waals surface area contributed by atoms with Gasteiger partial charge in [0.05, 0.1) is 5.69 Å². The molecule has 1 aromatic carbocycles. The van der Waals surface area contributed by atoms with Crippen LogP contribution in [0.5, 0.6) is 0 Å². The van der Waals surface area contributed by atoms with Gasteiger partial charge >= 0.3 is 0 Å². The van der Waals surface area contributed by atoms with Crippen molar-refractivity contribution in [2.75, 3.05) is 18.9 Å². The smallest absolute Gasteiger partial charge is 0.242 e. The maximum Gasteiger partial charge on any atom is 0.242 e. The highest BCUT2D eigenvalue weighted by atomic mass is 32.2. The molecule has 0 amide bonds. The summed E-state index contributed by atoms with van der Waals surface area (Å²) >= 11 is 0. The maximum atomic E-state index is 11.9. The van der Waals surface area contributed by atoms with Gasteiger partial charge < -0.3 is 11.1 Å². The van der Waals surface area contributed by atoms with E-state index in [1.165, 1.54) is 7.05 Å². The SMILES string of the molecule is CCC(C)(CN)Nc1ccccc1S(=O)(=O)NC. The Kier molecular flexibility index (Phi) is 4.72. The maximum absolute atomic E-state index is 11.9. The predicted octanol–water partition coefficient (Wildman–Crippen LogP) is 1.13. The highest BCUT2D eigenvalue weighted by Crippen LogP contribution is 2.24. The van der Waals surface area contributed by atoms with Gasteiger partial charge in [0, 0.05) is 12.1 Å². The fourth-order valence-corrected chi connectivity index (χ4v) is 2.41. The van der Waals surface area contributed by atoms with Crippen LogP contribution >= 0.6 is 0 Å². The Morgan fingerprint density at radius 1 is 1.33 bits per heavy atom. The monoisotopic (exact) mass is 271 g/mol. The fraction of sp³-hybridized carbons (Fsp3) is 0.500. The van der Waals surface area contributed by atoms with Crippen molar-refractivity contribution in [1.29, 1.82) is 0 Å². The van der Waals surface area contributed by atoms with Crippen LogP contribution in [0, 0.1) is 0 Å². The Labute approximate surface area is 109 Å². The normalized spacial score (nSPS) is 15.1. The average molecular weight is 271 g/mol. The second-order valence-corrected chi connectivity index (χ2v) is 6.30. The van der Waals surface area contributed by atoms with Gasteiger partial charge in [0.1, 0.15) is 4.90 Å². The first-order valence-corrected chi connectivity index (χ1v) is 7.37. The zero-order valence-corrected chi connectivity index (χ0v) is 11.8. The summed E-state index contributed by atoms with van der Waals surface area (Å²) in [6.45, 7) is 4.41. The molecule has 0 aliphatic carbocycles. The second kappa shape index (κ2) is 5.69. The summed E-state index contributed by atoms with van der Waals surface area (Å²) in [4.78, 5) is 0.237. The molecule has 1 unspecified atom stereocenters. The molecule has 0 aliphatic heterocycles. The molecule has 0 aliphatic rings. The van der Waals surface area contributed by atoms with Crippen LogP contribution in [0.15, 0.2) is 29.2 Å². The number of rotatable bonds is 6. The van der Waals surface area contributed by atoms with Crippen molar-refractivity contribution >= 4 is 15.7 Å². The molecule has 0 radical (unpaired) electrons. The molecule has 0 fully saturated rings. The van der Waals surface area contributed by atoms with Crippen LogP contribution in [0.2, 0.25) is 0 Å². The topological polar surface area (TPSA) is 84.2 Å². The van der Waals surface area contributed by atoms with E-state index in [1.807, 2.05) is 13.8 Å². The largest absolute Gasteiger partial charge is 0.378 e. The van der Waals surface area contributed by atoms with Gasteiger partial charge in [0.2, 0.25) is 10.0 Å². The first-order valence-electron chi connectivity index (χ1n) is 5.89. The van der Waals surface area contributed by atoms with Crippen LogP contribution in [-0.2, 0) is 10.0 Å². The highest BCUT2D eigenvalue weighted by molar-refractivity contribution is 7.89. The van der Waals surface area contributed by atoms with Crippen molar-refractivity contribution in [3.8, 4) is 0 Å². The molecular formula is C12H21N3O2S. The molecule has 18 heavy (non-hydrogen) atoms. The lowest BCUT2D eigenvalue weighted by atomic mass is 9.99. The summed E-state index contributed by atoms with van der Waals surface area (Å²) in [6.07, 6.45) is 0.803. The molecule has 1 aromatic rings. The number of nitrogens with two attached hydrogens (primary N) is 1. The van der Waals surface area contributed by atoms with E-state index in [4.69, 9.17) is 5.73 Å². The van der Waals surface area contributed by atoms with Crippen molar-refractivity contribution in [2.24, 2.45) is 5.73 Å². The minimum Gasteiger partial charge on any atom is -0.378 e. The summed E-state index contributed by atoms with van der Waals surface area (Å²) in [5.41, 5.74) is 5.98. The first kappa shape index (κ1) is 14.9. The number of benzene rings is 1. The number of sulfonamides is 1.